The second kappa shape index (κ2) is 15.0. The lowest BCUT2D eigenvalue weighted by Gasteiger charge is -2.30. The summed E-state index contributed by atoms with van der Waals surface area (Å²) in [6.45, 7) is 0. The van der Waals surface area contributed by atoms with Gasteiger partial charge < -0.3 is 4.57 Å². The second-order valence-electron chi connectivity index (χ2n) is 17.9. The lowest BCUT2D eigenvalue weighted by molar-refractivity contribution is 0.794. The first kappa shape index (κ1) is 38.3. The normalized spacial score (nSPS) is 12.8. The molecule has 12 aromatic rings. The third-order valence-corrected chi connectivity index (χ3v) is 14.3. The molecule has 2 aliphatic carbocycles. The van der Waals surface area contributed by atoms with E-state index in [1.807, 2.05) is 18.2 Å². The van der Waals surface area contributed by atoms with Gasteiger partial charge in [-0.05, 0) is 109 Å². The molecule has 316 valence electrons. The van der Waals surface area contributed by atoms with Gasteiger partial charge in [-0.3, -0.25) is 0 Å². The second-order valence-corrected chi connectivity index (χ2v) is 17.9. The van der Waals surface area contributed by atoms with Crippen molar-refractivity contribution in [3.05, 3.63) is 265 Å². The zero-order valence-corrected chi connectivity index (χ0v) is 36.9. The van der Waals surface area contributed by atoms with Gasteiger partial charge in [0.25, 0.3) is 0 Å². The van der Waals surface area contributed by atoms with E-state index >= 15 is 0 Å². The number of nitrogens with zero attached hydrogens (tertiary/aromatic N) is 4. The maximum Gasteiger partial charge on any atom is 0.164 e. The van der Waals surface area contributed by atoms with Crippen molar-refractivity contribution in [2.24, 2.45) is 0 Å². The molecule has 2 heterocycles. The molecular formula is C64H40N4. The number of aromatic nitrogens is 4. The molecule has 68 heavy (non-hydrogen) atoms. The molecule has 0 saturated carbocycles. The van der Waals surface area contributed by atoms with Crippen LogP contribution in [-0.2, 0) is 5.41 Å². The third kappa shape index (κ3) is 5.64. The molecule has 0 saturated heterocycles. The minimum absolute atomic E-state index is 0.478. The van der Waals surface area contributed by atoms with E-state index in [0.29, 0.717) is 17.5 Å². The molecule has 4 heteroatoms. The fourth-order valence-electron chi connectivity index (χ4n) is 11.4. The van der Waals surface area contributed by atoms with Gasteiger partial charge in [-0.25, -0.2) is 15.0 Å². The van der Waals surface area contributed by atoms with Crippen molar-refractivity contribution in [2.75, 3.05) is 0 Å². The van der Waals surface area contributed by atoms with Crippen molar-refractivity contribution in [1.82, 2.24) is 19.5 Å². The number of fused-ring (bicyclic) bond motifs is 13. The van der Waals surface area contributed by atoms with E-state index in [1.54, 1.807) is 0 Å². The van der Waals surface area contributed by atoms with Crippen LogP contribution in [0.25, 0.3) is 106 Å². The largest absolute Gasteiger partial charge is 0.309 e. The lowest BCUT2D eigenvalue weighted by atomic mass is 9.70. The Balaban J connectivity index is 0.959. The van der Waals surface area contributed by atoms with Gasteiger partial charge in [-0.2, -0.15) is 0 Å². The van der Waals surface area contributed by atoms with E-state index in [1.165, 1.54) is 66.4 Å². The number of hydrogen-bond donors (Lipinski definition) is 0. The van der Waals surface area contributed by atoms with Gasteiger partial charge in [0.15, 0.2) is 17.5 Å². The number of benzene rings is 10. The molecule has 0 aliphatic heterocycles. The molecule has 0 bridgehead atoms. The van der Waals surface area contributed by atoms with Gasteiger partial charge in [-0.15, -0.1) is 0 Å². The third-order valence-electron chi connectivity index (χ3n) is 14.3. The standard InChI is InChI=1S/C64H40N4/c1-4-18-41(19-5-1)43-35-37-58-53(39-43)60-48(29-17-33-59(60)68(58)47-24-8-3-9-25-47)44-22-16-23-45(38-44)62-65-61(42-20-6-2-7-21-42)66-63(67-62)46-34-36-52-51-28-12-15-32-56(51)64(57(52)40-46)54-30-13-10-26-49(54)50-27-11-14-31-55(50)64/h1-40H. The summed E-state index contributed by atoms with van der Waals surface area (Å²) in [4.78, 5) is 15.9. The van der Waals surface area contributed by atoms with E-state index in [2.05, 4.69) is 229 Å². The molecule has 14 rings (SSSR count). The molecule has 0 atom stereocenters. The summed E-state index contributed by atoms with van der Waals surface area (Å²) in [5.74, 6) is 1.89. The Morgan fingerprint density at radius 2 is 0.750 bits per heavy atom. The van der Waals surface area contributed by atoms with Crippen LogP contribution in [0.4, 0.5) is 0 Å². The molecular weight excluding hydrogens is 825 g/mol. The van der Waals surface area contributed by atoms with Crippen LogP contribution >= 0.6 is 0 Å². The Morgan fingerprint density at radius 3 is 1.40 bits per heavy atom. The van der Waals surface area contributed by atoms with Gasteiger partial charge in [0.2, 0.25) is 0 Å². The monoisotopic (exact) mass is 864 g/mol. The zero-order valence-electron chi connectivity index (χ0n) is 36.9. The van der Waals surface area contributed by atoms with Crippen LogP contribution in [0, 0.1) is 0 Å². The molecule has 10 aromatic carbocycles. The first-order valence-electron chi connectivity index (χ1n) is 23.3. The number of hydrogen-bond acceptors (Lipinski definition) is 3. The smallest absolute Gasteiger partial charge is 0.164 e. The Kier molecular flexibility index (Phi) is 8.46. The van der Waals surface area contributed by atoms with E-state index in [0.717, 1.165) is 44.5 Å². The molecule has 4 nitrogen and oxygen atoms in total. The van der Waals surface area contributed by atoms with Crippen molar-refractivity contribution in [1.29, 1.82) is 0 Å². The summed E-state index contributed by atoms with van der Waals surface area (Å²) < 4.78 is 2.39. The molecule has 0 radical (unpaired) electrons. The minimum atomic E-state index is -0.478. The van der Waals surface area contributed by atoms with Gasteiger partial charge in [-0.1, -0.05) is 200 Å². The van der Waals surface area contributed by atoms with Gasteiger partial charge in [0, 0.05) is 33.2 Å². The Bertz CT molecular complexity index is 3900. The van der Waals surface area contributed by atoms with Crippen LogP contribution in [0.2, 0.25) is 0 Å². The maximum absolute atomic E-state index is 5.39. The molecule has 0 amide bonds. The Morgan fingerprint density at radius 1 is 0.279 bits per heavy atom. The van der Waals surface area contributed by atoms with Crippen molar-refractivity contribution in [2.45, 2.75) is 5.41 Å². The molecule has 0 unspecified atom stereocenters. The quantitative estimate of drug-likeness (QED) is 0.167. The maximum atomic E-state index is 5.39. The summed E-state index contributed by atoms with van der Waals surface area (Å²) in [7, 11) is 0. The average molecular weight is 865 g/mol. The van der Waals surface area contributed by atoms with Crippen molar-refractivity contribution >= 4 is 21.8 Å². The predicted octanol–water partition coefficient (Wildman–Crippen LogP) is 15.6. The highest BCUT2D eigenvalue weighted by molar-refractivity contribution is 6.16. The molecule has 1 spiro atoms. The van der Waals surface area contributed by atoms with Gasteiger partial charge >= 0.3 is 0 Å². The highest BCUT2D eigenvalue weighted by Crippen LogP contribution is 2.63. The zero-order chi connectivity index (χ0) is 44.8. The Hall–Kier alpha value is -8.99. The SMILES string of the molecule is c1ccc(-c2ccc3c(c2)c2c(-c4cccc(-c5nc(-c6ccccc6)nc(-c6ccc7c(c6)C6(c8ccccc8-c8ccccc86)c6ccccc6-7)n5)c4)cccc2n3-c2ccccc2)cc1. The van der Waals surface area contributed by atoms with Crippen LogP contribution in [0.15, 0.2) is 243 Å². The van der Waals surface area contributed by atoms with Gasteiger partial charge in [0.05, 0.1) is 16.4 Å². The van der Waals surface area contributed by atoms with Gasteiger partial charge in [0.1, 0.15) is 0 Å². The highest BCUT2D eigenvalue weighted by atomic mass is 15.0. The van der Waals surface area contributed by atoms with E-state index in [9.17, 15) is 0 Å². The summed E-state index contributed by atoms with van der Waals surface area (Å²) in [6.07, 6.45) is 0. The van der Waals surface area contributed by atoms with Crippen LogP contribution in [-0.4, -0.2) is 19.5 Å². The fourth-order valence-corrected chi connectivity index (χ4v) is 11.4. The summed E-state index contributed by atoms with van der Waals surface area (Å²) in [5.41, 5.74) is 20.6. The average Bonchev–Trinajstić information content (AvgIpc) is 4.03. The van der Waals surface area contributed by atoms with Crippen LogP contribution in [0.3, 0.4) is 0 Å². The molecule has 2 aliphatic rings. The molecule has 0 N–H and O–H groups in total. The van der Waals surface area contributed by atoms with E-state index in [4.69, 9.17) is 15.0 Å². The first-order valence-corrected chi connectivity index (χ1v) is 23.3. The van der Waals surface area contributed by atoms with Crippen molar-refractivity contribution in [3.8, 4) is 84.4 Å². The molecule has 0 fully saturated rings. The summed E-state index contributed by atoms with van der Waals surface area (Å²) in [5, 5.41) is 2.40. The number of rotatable bonds is 6. The van der Waals surface area contributed by atoms with E-state index < -0.39 is 5.41 Å². The van der Waals surface area contributed by atoms with Crippen LogP contribution < -0.4 is 0 Å². The predicted molar refractivity (Wildman–Crippen MR) is 278 cm³/mol. The van der Waals surface area contributed by atoms with Crippen LogP contribution in [0.5, 0.6) is 0 Å². The van der Waals surface area contributed by atoms with Crippen LogP contribution in [0.1, 0.15) is 22.3 Å². The van der Waals surface area contributed by atoms with E-state index in [-0.39, 0.29) is 0 Å². The first-order chi connectivity index (χ1) is 33.7. The summed E-state index contributed by atoms with van der Waals surface area (Å²) in [6, 6.07) is 87.4. The van der Waals surface area contributed by atoms with Crippen molar-refractivity contribution in [3.63, 3.8) is 0 Å². The van der Waals surface area contributed by atoms with Crippen molar-refractivity contribution < 1.29 is 0 Å². The topological polar surface area (TPSA) is 43.6 Å². The Labute approximate surface area is 394 Å². The minimum Gasteiger partial charge on any atom is -0.309 e. The highest BCUT2D eigenvalue weighted by Gasteiger charge is 2.51. The number of para-hydroxylation sites is 1. The summed E-state index contributed by atoms with van der Waals surface area (Å²) >= 11 is 0. The fraction of sp³-hybridized carbons (Fsp3) is 0.0156. The lowest BCUT2D eigenvalue weighted by Crippen LogP contribution is -2.25. The molecule has 2 aromatic heterocycles.